The SMILES string of the molecule is Cc1cccc(F)c1-c1cc(NC[C@H]2CCCN2)c2cc(N)ncc2c1. The first kappa shape index (κ1) is 16.8. The van der Waals surface area contributed by atoms with Crippen LogP contribution < -0.4 is 16.4 Å². The van der Waals surface area contributed by atoms with Crippen molar-refractivity contribution in [2.24, 2.45) is 0 Å². The van der Waals surface area contributed by atoms with E-state index in [4.69, 9.17) is 5.73 Å². The van der Waals surface area contributed by atoms with Crippen molar-refractivity contribution in [2.75, 3.05) is 24.1 Å². The largest absolute Gasteiger partial charge is 0.384 e. The number of rotatable bonds is 4. The van der Waals surface area contributed by atoms with Gasteiger partial charge in [-0.3, -0.25) is 0 Å². The van der Waals surface area contributed by atoms with Gasteiger partial charge in [-0.2, -0.15) is 0 Å². The number of anilines is 2. The smallest absolute Gasteiger partial charge is 0.131 e. The summed E-state index contributed by atoms with van der Waals surface area (Å²) >= 11 is 0. The van der Waals surface area contributed by atoms with Gasteiger partial charge in [-0.15, -0.1) is 0 Å². The fourth-order valence-electron chi connectivity index (χ4n) is 3.73. The number of aryl methyl sites for hydroxylation is 1. The quantitative estimate of drug-likeness (QED) is 0.663. The molecule has 4 N–H and O–H groups in total. The van der Waals surface area contributed by atoms with Crippen molar-refractivity contribution in [3.8, 4) is 11.1 Å². The number of nitrogens with one attached hydrogen (secondary N) is 2. The molecule has 1 saturated heterocycles. The van der Waals surface area contributed by atoms with Gasteiger partial charge in [0.05, 0.1) is 0 Å². The third-order valence-corrected chi connectivity index (χ3v) is 5.07. The summed E-state index contributed by atoms with van der Waals surface area (Å²) in [6.45, 7) is 3.83. The van der Waals surface area contributed by atoms with Gasteiger partial charge < -0.3 is 16.4 Å². The number of benzene rings is 2. The van der Waals surface area contributed by atoms with Crippen molar-refractivity contribution in [2.45, 2.75) is 25.8 Å². The molecule has 4 nitrogen and oxygen atoms in total. The Hall–Kier alpha value is -2.66. The van der Waals surface area contributed by atoms with Crippen LogP contribution in [-0.4, -0.2) is 24.1 Å². The number of halogens is 1. The molecule has 0 aliphatic carbocycles. The molecule has 0 bridgehead atoms. The Bertz CT molecular complexity index is 928. The molecule has 0 saturated carbocycles. The van der Waals surface area contributed by atoms with Gasteiger partial charge in [0.25, 0.3) is 0 Å². The van der Waals surface area contributed by atoms with E-state index in [0.29, 0.717) is 17.4 Å². The first-order chi connectivity index (χ1) is 12.6. The Morgan fingerprint density at radius 2 is 2.19 bits per heavy atom. The van der Waals surface area contributed by atoms with Crippen LogP contribution in [0, 0.1) is 12.7 Å². The predicted molar refractivity (Wildman–Crippen MR) is 106 cm³/mol. The molecular formula is C21H23FN4. The Labute approximate surface area is 152 Å². The van der Waals surface area contributed by atoms with Crippen molar-refractivity contribution in [3.05, 3.63) is 54.0 Å². The lowest BCUT2D eigenvalue weighted by molar-refractivity contribution is 0.630. The molecule has 1 aliphatic rings. The fourth-order valence-corrected chi connectivity index (χ4v) is 3.73. The van der Waals surface area contributed by atoms with Crippen LogP contribution in [0.4, 0.5) is 15.9 Å². The van der Waals surface area contributed by atoms with E-state index in [-0.39, 0.29) is 5.82 Å². The molecule has 4 rings (SSSR count). The van der Waals surface area contributed by atoms with Gasteiger partial charge in [0.1, 0.15) is 11.6 Å². The zero-order valence-corrected chi connectivity index (χ0v) is 14.8. The molecule has 1 fully saturated rings. The molecule has 0 unspecified atom stereocenters. The highest BCUT2D eigenvalue weighted by atomic mass is 19.1. The minimum Gasteiger partial charge on any atom is -0.384 e. The van der Waals surface area contributed by atoms with E-state index < -0.39 is 0 Å². The third-order valence-electron chi connectivity index (χ3n) is 5.07. The topological polar surface area (TPSA) is 63.0 Å². The lowest BCUT2D eigenvalue weighted by Gasteiger charge is -2.17. The molecule has 1 aromatic heterocycles. The van der Waals surface area contributed by atoms with Gasteiger partial charge in [-0.25, -0.2) is 9.37 Å². The van der Waals surface area contributed by atoms with E-state index in [0.717, 1.165) is 40.7 Å². The molecule has 1 aliphatic heterocycles. The fraction of sp³-hybridized carbons (Fsp3) is 0.286. The van der Waals surface area contributed by atoms with Gasteiger partial charge in [0.2, 0.25) is 0 Å². The average Bonchev–Trinajstić information content (AvgIpc) is 3.13. The number of nitrogens with two attached hydrogens (primary N) is 1. The average molecular weight is 350 g/mol. The van der Waals surface area contributed by atoms with Crippen LogP contribution in [0.5, 0.6) is 0 Å². The van der Waals surface area contributed by atoms with E-state index in [1.165, 1.54) is 18.9 Å². The standard InChI is InChI=1S/C21H23FN4/c1-13-4-2-6-18(22)21(13)14-8-15-11-26-20(23)10-17(15)19(9-14)25-12-16-5-3-7-24-16/h2,4,6,8-11,16,24-25H,3,5,7,12H2,1H3,(H2,23,26)/t16-/m1/s1. The minimum atomic E-state index is -0.212. The molecule has 0 radical (unpaired) electrons. The summed E-state index contributed by atoms with van der Waals surface area (Å²) in [5.41, 5.74) is 9.25. The van der Waals surface area contributed by atoms with Gasteiger partial charge >= 0.3 is 0 Å². The van der Waals surface area contributed by atoms with Gasteiger partial charge in [-0.05, 0) is 61.7 Å². The van der Waals surface area contributed by atoms with Crippen molar-refractivity contribution < 1.29 is 4.39 Å². The van der Waals surface area contributed by atoms with Gasteiger partial charge in [-0.1, -0.05) is 12.1 Å². The van der Waals surface area contributed by atoms with Crippen LogP contribution in [0.1, 0.15) is 18.4 Å². The molecule has 0 amide bonds. The molecule has 134 valence electrons. The van der Waals surface area contributed by atoms with Crippen LogP contribution in [0.2, 0.25) is 0 Å². The Morgan fingerprint density at radius 3 is 2.96 bits per heavy atom. The van der Waals surface area contributed by atoms with Crippen LogP contribution >= 0.6 is 0 Å². The Balaban J connectivity index is 1.80. The van der Waals surface area contributed by atoms with E-state index in [1.54, 1.807) is 12.3 Å². The van der Waals surface area contributed by atoms with Crippen LogP contribution in [-0.2, 0) is 0 Å². The molecule has 5 heteroatoms. The first-order valence-electron chi connectivity index (χ1n) is 9.04. The summed E-state index contributed by atoms with van der Waals surface area (Å²) in [6.07, 6.45) is 4.13. The van der Waals surface area contributed by atoms with E-state index in [2.05, 4.69) is 15.6 Å². The van der Waals surface area contributed by atoms with Crippen molar-refractivity contribution >= 4 is 22.3 Å². The predicted octanol–water partition coefficient (Wildman–Crippen LogP) is 4.10. The number of nitrogen functional groups attached to an aromatic ring is 1. The first-order valence-corrected chi connectivity index (χ1v) is 9.04. The van der Waals surface area contributed by atoms with E-state index >= 15 is 0 Å². The highest BCUT2D eigenvalue weighted by Gasteiger charge is 2.16. The molecule has 2 heterocycles. The third kappa shape index (κ3) is 3.22. The second-order valence-corrected chi connectivity index (χ2v) is 6.96. The molecular weight excluding hydrogens is 327 g/mol. The van der Waals surface area contributed by atoms with Crippen LogP contribution in [0.15, 0.2) is 42.6 Å². The minimum absolute atomic E-state index is 0.212. The monoisotopic (exact) mass is 350 g/mol. The number of hydrogen-bond acceptors (Lipinski definition) is 4. The molecule has 0 spiro atoms. The Kier molecular flexibility index (Phi) is 4.47. The van der Waals surface area contributed by atoms with E-state index in [9.17, 15) is 4.39 Å². The second kappa shape index (κ2) is 6.92. The lowest BCUT2D eigenvalue weighted by Crippen LogP contribution is -2.29. The summed E-state index contributed by atoms with van der Waals surface area (Å²) in [5.74, 6) is 0.269. The molecule has 1 atom stereocenters. The van der Waals surface area contributed by atoms with Crippen LogP contribution in [0.25, 0.3) is 21.9 Å². The maximum absolute atomic E-state index is 14.5. The van der Waals surface area contributed by atoms with Crippen LogP contribution in [0.3, 0.4) is 0 Å². The second-order valence-electron chi connectivity index (χ2n) is 6.96. The number of aromatic nitrogens is 1. The maximum atomic E-state index is 14.5. The normalized spacial score (nSPS) is 16.9. The van der Waals surface area contributed by atoms with Gasteiger partial charge in [0.15, 0.2) is 0 Å². The highest BCUT2D eigenvalue weighted by molar-refractivity contribution is 5.98. The molecule has 3 aromatic rings. The van der Waals surface area contributed by atoms with Crippen molar-refractivity contribution in [3.63, 3.8) is 0 Å². The van der Waals surface area contributed by atoms with Crippen molar-refractivity contribution in [1.29, 1.82) is 0 Å². The number of hydrogen-bond donors (Lipinski definition) is 3. The van der Waals surface area contributed by atoms with Gasteiger partial charge in [0, 0.05) is 40.8 Å². The number of pyridine rings is 1. The number of fused-ring (bicyclic) bond motifs is 1. The number of nitrogens with zero attached hydrogens (tertiary/aromatic N) is 1. The summed E-state index contributed by atoms with van der Waals surface area (Å²) in [4.78, 5) is 4.21. The van der Waals surface area contributed by atoms with Crippen molar-refractivity contribution in [1.82, 2.24) is 10.3 Å². The molecule has 26 heavy (non-hydrogen) atoms. The van der Waals surface area contributed by atoms with E-state index in [1.807, 2.05) is 31.2 Å². The zero-order chi connectivity index (χ0) is 18.1. The lowest BCUT2D eigenvalue weighted by atomic mass is 9.96. The zero-order valence-electron chi connectivity index (χ0n) is 14.8. The maximum Gasteiger partial charge on any atom is 0.131 e. The Morgan fingerprint density at radius 1 is 1.31 bits per heavy atom. The summed E-state index contributed by atoms with van der Waals surface area (Å²) in [7, 11) is 0. The summed E-state index contributed by atoms with van der Waals surface area (Å²) < 4.78 is 14.5. The summed E-state index contributed by atoms with van der Waals surface area (Å²) in [5, 5.41) is 8.98. The summed E-state index contributed by atoms with van der Waals surface area (Å²) in [6, 6.07) is 11.5. The molecule has 2 aromatic carbocycles. The highest BCUT2D eigenvalue weighted by Crippen LogP contribution is 2.34.